The van der Waals surface area contributed by atoms with Gasteiger partial charge in [-0.05, 0) is 49.7 Å². The molecule has 26 heavy (non-hydrogen) atoms. The number of carbonyl (C=O) groups is 1. The van der Waals surface area contributed by atoms with E-state index in [1.165, 1.54) is 37.9 Å². The summed E-state index contributed by atoms with van der Waals surface area (Å²) in [6.45, 7) is 2.92. The summed E-state index contributed by atoms with van der Waals surface area (Å²) in [4.78, 5) is 22.1. The quantitative estimate of drug-likeness (QED) is 0.693. The second-order valence-corrected chi connectivity index (χ2v) is 6.93. The van der Waals surface area contributed by atoms with Crippen molar-refractivity contribution in [2.24, 2.45) is 0 Å². The Balaban J connectivity index is 1.54. The number of piperidine rings is 1. The first-order valence-electron chi connectivity index (χ1n) is 9.18. The third kappa shape index (κ3) is 3.54. The van der Waals surface area contributed by atoms with Crippen LogP contribution in [0.25, 0.3) is 22.4 Å². The molecule has 0 bridgehead atoms. The van der Waals surface area contributed by atoms with E-state index < -0.39 is 6.61 Å². The normalized spacial score (nSPS) is 15.4. The number of nitrogens with zero attached hydrogens (tertiary/aromatic N) is 2. The van der Waals surface area contributed by atoms with Crippen molar-refractivity contribution in [3.05, 3.63) is 53.6 Å². The molecule has 4 rings (SSSR count). The standard InChI is InChI=1S/C21H23N3O2/c25-14-20(26)17-8-9-18-19(12-17)23-21(22-18)16-6-4-15(5-7-16)13-24-10-2-1-3-11-24/h4-9,12,25H,1-3,10-11,13-14H2,(H,22,23). The van der Waals surface area contributed by atoms with Crippen molar-refractivity contribution in [3.8, 4) is 11.4 Å². The van der Waals surface area contributed by atoms with E-state index in [0.717, 1.165) is 29.0 Å². The number of rotatable bonds is 5. The van der Waals surface area contributed by atoms with Crippen LogP contribution in [0.2, 0.25) is 0 Å². The molecular formula is C21H23N3O2. The average Bonchev–Trinajstić information content (AvgIpc) is 3.12. The summed E-state index contributed by atoms with van der Waals surface area (Å²) in [6, 6.07) is 13.8. The molecule has 5 nitrogen and oxygen atoms in total. The monoisotopic (exact) mass is 349 g/mol. The first-order valence-corrected chi connectivity index (χ1v) is 9.18. The average molecular weight is 349 g/mol. The summed E-state index contributed by atoms with van der Waals surface area (Å²) in [5.74, 6) is 0.503. The molecule has 3 aromatic rings. The molecule has 1 aliphatic heterocycles. The van der Waals surface area contributed by atoms with Crippen molar-refractivity contribution in [1.82, 2.24) is 14.9 Å². The number of Topliss-reactive ketones (excluding diaryl/α,β-unsaturated/α-hetero) is 1. The van der Waals surface area contributed by atoms with Gasteiger partial charge in [0, 0.05) is 17.7 Å². The van der Waals surface area contributed by atoms with Gasteiger partial charge in [-0.1, -0.05) is 30.7 Å². The third-order valence-electron chi connectivity index (χ3n) is 5.03. The van der Waals surface area contributed by atoms with Gasteiger partial charge in [-0.2, -0.15) is 0 Å². The van der Waals surface area contributed by atoms with E-state index in [1.807, 2.05) is 6.07 Å². The van der Waals surface area contributed by atoms with Crippen LogP contribution in [0, 0.1) is 0 Å². The Morgan fingerprint density at radius 2 is 1.85 bits per heavy atom. The molecule has 1 fully saturated rings. The van der Waals surface area contributed by atoms with E-state index in [9.17, 15) is 4.79 Å². The van der Waals surface area contributed by atoms with Gasteiger partial charge in [0.05, 0.1) is 11.0 Å². The fourth-order valence-corrected chi connectivity index (χ4v) is 3.55. The Kier molecular flexibility index (Phi) is 4.82. The number of nitrogens with one attached hydrogen (secondary N) is 1. The van der Waals surface area contributed by atoms with Crippen LogP contribution in [0.3, 0.4) is 0 Å². The van der Waals surface area contributed by atoms with Gasteiger partial charge in [0.1, 0.15) is 12.4 Å². The van der Waals surface area contributed by atoms with Gasteiger partial charge >= 0.3 is 0 Å². The third-order valence-corrected chi connectivity index (χ3v) is 5.03. The molecule has 0 atom stereocenters. The molecule has 0 spiro atoms. The van der Waals surface area contributed by atoms with Crippen molar-refractivity contribution < 1.29 is 9.90 Å². The van der Waals surface area contributed by atoms with Crippen molar-refractivity contribution in [3.63, 3.8) is 0 Å². The Labute approximate surface area is 152 Å². The number of aromatic amines is 1. The van der Waals surface area contributed by atoms with Crippen LogP contribution in [0.15, 0.2) is 42.5 Å². The zero-order chi connectivity index (χ0) is 17.9. The van der Waals surface area contributed by atoms with Crippen LogP contribution in [-0.4, -0.2) is 45.5 Å². The smallest absolute Gasteiger partial charge is 0.188 e. The number of ketones is 1. The number of likely N-dealkylation sites (tertiary alicyclic amines) is 1. The molecule has 2 heterocycles. The van der Waals surface area contributed by atoms with Gasteiger partial charge in [-0.15, -0.1) is 0 Å². The Morgan fingerprint density at radius 1 is 1.08 bits per heavy atom. The van der Waals surface area contributed by atoms with E-state index in [0.29, 0.717) is 5.56 Å². The number of aliphatic hydroxyl groups excluding tert-OH is 1. The van der Waals surface area contributed by atoms with E-state index in [4.69, 9.17) is 5.11 Å². The van der Waals surface area contributed by atoms with Crippen LogP contribution in [0.4, 0.5) is 0 Å². The summed E-state index contributed by atoms with van der Waals surface area (Å²) in [5.41, 5.74) is 4.46. The van der Waals surface area contributed by atoms with Gasteiger partial charge in [0.15, 0.2) is 5.78 Å². The molecule has 1 aromatic heterocycles. The Morgan fingerprint density at radius 3 is 2.58 bits per heavy atom. The number of carbonyl (C=O) groups excluding carboxylic acids is 1. The van der Waals surface area contributed by atoms with Crippen LogP contribution in [-0.2, 0) is 6.54 Å². The van der Waals surface area contributed by atoms with Crippen molar-refractivity contribution >= 4 is 16.8 Å². The van der Waals surface area contributed by atoms with E-state index >= 15 is 0 Å². The number of H-pyrrole nitrogens is 1. The van der Waals surface area contributed by atoms with Crippen LogP contribution < -0.4 is 0 Å². The molecule has 0 aliphatic carbocycles. The highest BCUT2D eigenvalue weighted by atomic mass is 16.3. The van der Waals surface area contributed by atoms with Gasteiger partial charge in [0.2, 0.25) is 0 Å². The number of fused-ring (bicyclic) bond motifs is 1. The minimum absolute atomic E-state index is 0.287. The summed E-state index contributed by atoms with van der Waals surface area (Å²) in [7, 11) is 0. The summed E-state index contributed by atoms with van der Waals surface area (Å²) in [6.07, 6.45) is 3.96. The minimum atomic E-state index is -0.481. The lowest BCUT2D eigenvalue weighted by Gasteiger charge is -2.26. The molecule has 5 heteroatoms. The zero-order valence-electron chi connectivity index (χ0n) is 14.7. The summed E-state index contributed by atoms with van der Waals surface area (Å²) < 4.78 is 0. The topological polar surface area (TPSA) is 69.2 Å². The highest BCUT2D eigenvalue weighted by molar-refractivity contribution is 5.99. The zero-order valence-corrected chi connectivity index (χ0v) is 14.7. The van der Waals surface area contributed by atoms with Crippen LogP contribution in [0.1, 0.15) is 35.2 Å². The molecule has 2 N–H and O–H groups in total. The molecule has 0 unspecified atom stereocenters. The van der Waals surface area contributed by atoms with Crippen molar-refractivity contribution in [2.75, 3.05) is 19.7 Å². The SMILES string of the molecule is O=C(CO)c1ccc2nc(-c3ccc(CN4CCCCC4)cc3)[nH]c2c1. The van der Waals surface area contributed by atoms with E-state index in [1.54, 1.807) is 12.1 Å². The highest BCUT2D eigenvalue weighted by Crippen LogP contribution is 2.23. The maximum atomic E-state index is 11.6. The van der Waals surface area contributed by atoms with Gasteiger partial charge in [0.25, 0.3) is 0 Å². The Bertz CT molecular complexity index is 909. The summed E-state index contributed by atoms with van der Waals surface area (Å²) >= 11 is 0. The molecule has 0 radical (unpaired) electrons. The number of aromatic nitrogens is 2. The second-order valence-electron chi connectivity index (χ2n) is 6.93. The number of aliphatic hydroxyl groups is 1. The fourth-order valence-electron chi connectivity index (χ4n) is 3.55. The van der Waals surface area contributed by atoms with Crippen LogP contribution in [0.5, 0.6) is 0 Å². The molecule has 0 saturated carbocycles. The predicted molar refractivity (Wildman–Crippen MR) is 102 cm³/mol. The van der Waals surface area contributed by atoms with Gasteiger partial charge < -0.3 is 10.1 Å². The molecular weight excluding hydrogens is 326 g/mol. The molecule has 1 aliphatic rings. The maximum absolute atomic E-state index is 11.6. The van der Waals surface area contributed by atoms with E-state index in [2.05, 4.69) is 39.1 Å². The lowest BCUT2D eigenvalue weighted by molar-refractivity contribution is 0.0904. The van der Waals surface area contributed by atoms with Gasteiger partial charge in [-0.3, -0.25) is 9.69 Å². The number of benzene rings is 2. The number of hydrogen-bond acceptors (Lipinski definition) is 4. The number of hydrogen-bond donors (Lipinski definition) is 2. The second kappa shape index (κ2) is 7.40. The van der Waals surface area contributed by atoms with Crippen molar-refractivity contribution in [2.45, 2.75) is 25.8 Å². The largest absolute Gasteiger partial charge is 0.388 e. The Hall–Kier alpha value is -2.50. The predicted octanol–water partition coefficient (Wildman–Crippen LogP) is 3.39. The maximum Gasteiger partial charge on any atom is 0.188 e. The summed E-state index contributed by atoms with van der Waals surface area (Å²) in [5, 5.41) is 9.01. The van der Waals surface area contributed by atoms with Gasteiger partial charge in [-0.25, -0.2) is 4.98 Å². The molecule has 2 aromatic carbocycles. The molecule has 1 saturated heterocycles. The van der Waals surface area contributed by atoms with Crippen LogP contribution >= 0.6 is 0 Å². The molecule has 0 amide bonds. The lowest BCUT2D eigenvalue weighted by atomic mass is 10.1. The fraction of sp³-hybridized carbons (Fsp3) is 0.333. The number of imidazole rings is 1. The minimum Gasteiger partial charge on any atom is -0.388 e. The first-order chi connectivity index (χ1) is 12.7. The highest BCUT2D eigenvalue weighted by Gasteiger charge is 2.12. The molecule has 134 valence electrons. The first kappa shape index (κ1) is 16.9. The van der Waals surface area contributed by atoms with Crippen molar-refractivity contribution in [1.29, 1.82) is 0 Å². The lowest BCUT2D eigenvalue weighted by Crippen LogP contribution is -2.28. The van der Waals surface area contributed by atoms with E-state index in [-0.39, 0.29) is 5.78 Å².